The number of nitrogens with two attached hydrogens (primary N) is 1. The maximum absolute atomic E-state index is 11.6. The van der Waals surface area contributed by atoms with E-state index < -0.39 is 24.1 Å². The van der Waals surface area contributed by atoms with Gasteiger partial charge in [0.05, 0.1) is 12.5 Å². The summed E-state index contributed by atoms with van der Waals surface area (Å²) in [6.45, 7) is 0.446. The number of amides is 1. The molecule has 0 fully saturated rings. The molecule has 1 amide bonds. The van der Waals surface area contributed by atoms with E-state index in [1.807, 2.05) is 12.1 Å². The second-order valence-corrected chi connectivity index (χ2v) is 6.25. The standard InChI is InChI=1S/C20H21NO5/c21-19(23)17(16-11-18(22)26-20(16)24)12-25-9-3-4-13-7-8-14-5-1-2-6-15(14)10-13/h1-2,5-8,10-11,17,20,24H,3-4,9,12H2,(H2,21,23). The minimum atomic E-state index is -1.43. The molecule has 2 atom stereocenters. The van der Waals surface area contributed by atoms with E-state index in [0.717, 1.165) is 18.9 Å². The molecule has 6 nitrogen and oxygen atoms in total. The zero-order valence-corrected chi connectivity index (χ0v) is 14.3. The highest BCUT2D eigenvalue weighted by molar-refractivity contribution is 5.89. The van der Waals surface area contributed by atoms with Crippen LogP contribution in [0.25, 0.3) is 10.8 Å². The summed E-state index contributed by atoms with van der Waals surface area (Å²) in [5.74, 6) is -2.23. The van der Waals surface area contributed by atoms with Crippen LogP contribution in [0.5, 0.6) is 0 Å². The Hall–Kier alpha value is -2.70. The van der Waals surface area contributed by atoms with Crippen LogP contribution in [0.4, 0.5) is 0 Å². The summed E-state index contributed by atoms with van der Waals surface area (Å²) in [6, 6.07) is 14.5. The van der Waals surface area contributed by atoms with E-state index in [9.17, 15) is 14.7 Å². The summed E-state index contributed by atoms with van der Waals surface area (Å²) >= 11 is 0. The van der Waals surface area contributed by atoms with Crippen LogP contribution in [-0.4, -0.2) is 36.5 Å². The second-order valence-electron chi connectivity index (χ2n) is 6.25. The van der Waals surface area contributed by atoms with Gasteiger partial charge in [-0.1, -0.05) is 42.5 Å². The molecule has 0 aromatic heterocycles. The van der Waals surface area contributed by atoms with E-state index in [-0.39, 0.29) is 12.2 Å². The van der Waals surface area contributed by atoms with Crippen LogP contribution in [0.3, 0.4) is 0 Å². The first kappa shape index (κ1) is 18.1. The summed E-state index contributed by atoms with van der Waals surface area (Å²) in [7, 11) is 0. The van der Waals surface area contributed by atoms with Gasteiger partial charge < -0.3 is 20.3 Å². The van der Waals surface area contributed by atoms with E-state index in [0.29, 0.717) is 6.61 Å². The average molecular weight is 355 g/mol. The molecule has 3 rings (SSSR count). The van der Waals surface area contributed by atoms with Gasteiger partial charge in [0, 0.05) is 18.3 Å². The number of primary amides is 1. The molecule has 1 aliphatic heterocycles. The first-order valence-corrected chi connectivity index (χ1v) is 8.49. The van der Waals surface area contributed by atoms with E-state index >= 15 is 0 Å². The van der Waals surface area contributed by atoms with Crippen LogP contribution in [0, 0.1) is 5.92 Å². The van der Waals surface area contributed by atoms with Crippen LogP contribution in [0.15, 0.2) is 54.1 Å². The zero-order chi connectivity index (χ0) is 18.5. The van der Waals surface area contributed by atoms with Crippen molar-refractivity contribution in [1.29, 1.82) is 0 Å². The Morgan fingerprint density at radius 1 is 1.23 bits per heavy atom. The van der Waals surface area contributed by atoms with Gasteiger partial charge >= 0.3 is 5.97 Å². The average Bonchev–Trinajstić information content (AvgIpc) is 2.95. The van der Waals surface area contributed by atoms with E-state index in [4.69, 9.17) is 10.5 Å². The molecule has 0 aliphatic carbocycles. The SMILES string of the molecule is NC(=O)C(COCCCc1ccc2ccccc2c1)C1=CC(=O)OC1O. The number of aliphatic hydroxyl groups excluding tert-OH is 1. The van der Waals surface area contributed by atoms with Gasteiger partial charge in [-0.05, 0) is 29.2 Å². The molecule has 2 unspecified atom stereocenters. The molecule has 2 aromatic carbocycles. The number of rotatable bonds is 8. The third kappa shape index (κ3) is 4.28. The van der Waals surface area contributed by atoms with Crippen molar-refractivity contribution in [3.8, 4) is 0 Å². The number of aryl methyl sites for hydroxylation is 1. The predicted molar refractivity (Wildman–Crippen MR) is 96.0 cm³/mol. The monoisotopic (exact) mass is 355 g/mol. The highest BCUT2D eigenvalue weighted by atomic mass is 16.6. The Labute approximate surface area is 151 Å². The van der Waals surface area contributed by atoms with Gasteiger partial charge in [-0.15, -0.1) is 0 Å². The fourth-order valence-electron chi connectivity index (χ4n) is 3.01. The normalized spacial score (nSPS) is 17.8. The Morgan fingerprint density at radius 3 is 2.69 bits per heavy atom. The summed E-state index contributed by atoms with van der Waals surface area (Å²) in [4.78, 5) is 22.7. The minimum Gasteiger partial charge on any atom is -0.429 e. The van der Waals surface area contributed by atoms with E-state index in [1.165, 1.54) is 16.3 Å². The lowest BCUT2D eigenvalue weighted by Crippen LogP contribution is -2.32. The predicted octanol–water partition coefficient (Wildman–Crippen LogP) is 1.69. The summed E-state index contributed by atoms with van der Waals surface area (Å²) in [5, 5.41) is 12.0. The first-order valence-electron chi connectivity index (χ1n) is 8.49. The molecule has 6 heteroatoms. The van der Waals surface area contributed by atoms with E-state index in [2.05, 4.69) is 35.1 Å². The number of aliphatic hydroxyl groups is 1. The Bertz CT molecular complexity index is 845. The summed E-state index contributed by atoms with van der Waals surface area (Å²) in [5.41, 5.74) is 6.71. The van der Waals surface area contributed by atoms with Gasteiger partial charge in [0.15, 0.2) is 0 Å². The van der Waals surface area contributed by atoms with Crippen LogP contribution < -0.4 is 5.73 Å². The largest absolute Gasteiger partial charge is 0.429 e. The van der Waals surface area contributed by atoms with Gasteiger partial charge in [-0.2, -0.15) is 0 Å². The van der Waals surface area contributed by atoms with Crippen molar-refractivity contribution < 1.29 is 24.2 Å². The molecule has 0 bridgehead atoms. The Morgan fingerprint density at radius 2 is 2.00 bits per heavy atom. The number of carbonyl (C=O) groups excluding carboxylic acids is 2. The third-order valence-electron chi connectivity index (χ3n) is 4.40. The molecular formula is C20H21NO5. The lowest BCUT2D eigenvalue weighted by Gasteiger charge is -2.17. The number of carbonyl (C=O) groups is 2. The number of ether oxygens (including phenoxy) is 2. The number of esters is 1. The summed E-state index contributed by atoms with van der Waals surface area (Å²) < 4.78 is 10.1. The lowest BCUT2D eigenvalue weighted by molar-refractivity contribution is -0.152. The van der Waals surface area contributed by atoms with Gasteiger partial charge in [0.1, 0.15) is 0 Å². The van der Waals surface area contributed by atoms with Crippen molar-refractivity contribution in [2.45, 2.75) is 19.1 Å². The van der Waals surface area contributed by atoms with Crippen LogP contribution >= 0.6 is 0 Å². The molecule has 0 spiro atoms. The topological polar surface area (TPSA) is 98.9 Å². The first-order chi connectivity index (χ1) is 12.5. The maximum Gasteiger partial charge on any atom is 0.333 e. The number of hydrogen-bond donors (Lipinski definition) is 2. The van der Waals surface area contributed by atoms with Crippen LogP contribution in [-0.2, 0) is 25.5 Å². The van der Waals surface area contributed by atoms with Crippen molar-refractivity contribution in [2.24, 2.45) is 11.7 Å². The fraction of sp³-hybridized carbons (Fsp3) is 0.300. The quantitative estimate of drug-likeness (QED) is 0.555. The van der Waals surface area contributed by atoms with Gasteiger partial charge in [-0.25, -0.2) is 4.79 Å². The number of benzene rings is 2. The maximum atomic E-state index is 11.6. The van der Waals surface area contributed by atoms with Gasteiger partial charge in [-0.3, -0.25) is 4.79 Å². The molecule has 136 valence electrons. The number of cyclic esters (lactones) is 1. The summed E-state index contributed by atoms with van der Waals surface area (Å²) in [6.07, 6.45) is 1.29. The molecule has 0 radical (unpaired) electrons. The number of fused-ring (bicyclic) bond motifs is 1. The van der Waals surface area contributed by atoms with Crippen molar-refractivity contribution in [3.63, 3.8) is 0 Å². The van der Waals surface area contributed by atoms with Gasteiger partial charge in [0.25, 0.3) is 0 Å². The van der Waals surface area contributed by atoms with E-state index in [1.54, 1.807) is 0 Å². The minimum absolute atomic E-state index is 0.00653. The van der Waals surface area contributed by atoms with Crippen molar-refractivity contribution in [1.82, 2.24) is 0 Å². The van der Waals surface area contributed by atoms with Crippen LogP contribution in [0.1, 0.15) is 12.0 Å². The molecule has 2 aromatic rings. The number of hydrogen-bond acceptors (Lipinski definition) is 5. The Balaban J connectivity index is 1.48. The molecule has 26 heavy (non-hydrogen) atoms. The lowest BCUT2D eigenvalue weighted by atomic mass is 9.99. The van der Waals surface area contributed by atoms with Crippen molar-refractivity contribution >= 4 is 22.6 Å². The molecule has 3 N–H and O–H groups in total. The molecule has 0 saturated carbocycles. The third-order valence-corrected chi connectivity index (χ3v) is 4.40. The highest BCUT2D eigenvalue weighted by Crippen LogP contribution is 2.22. The van der Waals surface area contributed by atoms with Crippen molar-refractivity contribution in [3.05, 3.63) is 59.7 Å². The zero-order valence-electron chi connectivity index (χ0n) is 14.3. The second kappa shape index (κ2) is 8.12. The smallest absolute Gasteiger partial charge is 0.333 e. The fourth-order valence-corrected chi connectivity index (χ4v) is 3.01. The highest BCUT2D eigenvalue weighted by Gasteiger charge is 2.33. The molecule has 1 heterocycles. The van der Waals surface area contributed by atoms with Gasteiger partial charge in [0.2, 0.25) is 12.2 Å². The van der Waals surface area contributed by atoms with Crippen LogP contribution in [0.2, 0.25) is 0 Å². The molecule has 0 saturated heterocycles. The molecular weight excluding hydrogens is 334 g/mol. The Kier molecular flexibility index (Phi) is 5.65. The van der Waals surface area contributed by atoms with Crippen molar-refractivity contribution in [2.75, 3.05) is 13.2 Å². The molecule has 1 aliphatic rings.